The predicted molar refractivity (Wildman–Crippen MR) is 120 cm³/mol. The van der Waals surface area contributed by atoms with Crippen molar-refractivity contribution < 1.29 is 13.9 Å². The minimum absolute atomic E-state index is 0.155. The number of hydrogen-bond acceptors (Lipinski definition) is 4. The van der Waals surface area contributed by atoms with E-state index < -0.39 is 0 Å². The molecule has 0 N–H and O–H groups in total. The zero-order valence-corrected chi connectivity index (χ0v) is 17.3. The Morgan fingerprint density at radius 2 is 1.67 bits per heavy atom. The Labute approximate surface area is 175 Å². The van der Waals surface area contributed by atoms with E-state index >= 15 is 0 Å². The second-order valence-corrected chi connectivity index (χ2v) is 7.42. The number of benzene rings is 3. The Balaban J connectivity index is 1.79. The third kappa shape index (κ3) is 4.03. The van der Waals surface area contributed by atoms with Crippen molar-refractivity contribution in [1.82, 2.24) is 4.98 Å². The Kier molecular flexibility index (Phi) is 5.48. The third-order valence-corrected chi connectivity index (χ3v) is 5.04. The predicted octanol–water partition coefficient (Wildman–Crippen LogP) is 6.38. The maximum Gasteiger partial charge on any atom is 0.231 e. The van der Waals surface area contributed by atoms with E-state index in [1.807, 2.05) is 42.5 Å². The number of carbonyl (C=O) groups is 1. The smallest absolute Gasteiger partial charge is 0.231 e. The minimum atomic E-state index is -0.155. The van der Waals surface area contributed by atoms with E-state index in [1.165, 1.54) is 5.56 Å². The molecule has 0 aliphatic carbocycles. The van der Waals surface area contributed by atoms with Gasteiger partial charge in [-0.25, -0.2) is 4.98 Å². The number of aromatic nitrogens is 1. The van der Waals surface area contributed by atoms with Gasteiger partial charge in [-0.2, -0.15) is 0 Å². The SMILES string of the molecule is COc1ccc(C(=O)/C(=C/c2ccc(C(C)C)cc2)c2nc3ccccc3o2)cc1. The van der Waals surface area contributed by atoms with Gasteiger partial charge >= 0.3 is 0 Å². The van der Waals surface area contributed by atoms with E-state index in [0.717, 1.165) is 11.1 Å². The number of hydrogen-bond donors (Lipinski definition) is 0. The van der Waals surface area contributed by atoms with Crippen LogP contribution in [0.1, 0.15) is 47.1 Å². The van der Waals surface area contributed by atoms with Crippen LogP contribution in [0.4, 0.5) is 0 Å². The van der Waals surface area contributed by atoms with E-state index in [1.54, 1.807) is 31.4 Å². The molecule has 150 valence electrons. The molecule has 0 fully saturated rings. The van der Waals surface area contributed by atoms with Gasteiger partial charge in [0.2, 0.25) is 5.89 Å². The van der Waals surface area contributed by atoms with Crippen LogP contribution in [0.25, 0.3) is 22.7 Å². The second kappa shape index (κ2) is 8.37. The molecule has 3 aromatic carbocycles. The van der Waals surface area contributed by atoms with E-state index in [-0.39, 0.29) is 5.78 Å². The lowest BCUT2D eigenvalue weighted by Crippen LogP contribution is -2.03. The largest absolute Gasteiger partial charge is 0.497 e. The summed E-state index contributed by atoms with van der Waals surface area (Å²) in [5.74, 6) is 1.30. The fourth-order valence-corrected chi connectivity index (χ4v) is 3.25. The molecule has 0 atom stereocenters. The third-order valence-electron chi connectivity index (χ3n) is 5.04. The highest BCUT2D eigenvalue weighted by atomic mass is 16.5. The molecule has 0 saturated heterocycles. The summed E-state index contributed by atoms with van der Waals surface area (Å²) in [6.45, 7) is 4.31. The number of allylic oxidation sites excluding steroid dienone is 1. The Morgan fingerprint density at radius 1 is 0.967 bits per heavy atom. The summed E-state index contributed by atoms with van der Waals surface area (Å²) in [6.07, 6.45) is 1.83. The van der Waals surface area contributed by atoms with Crippen LogP contribution in [0.15, 0.2) is 77.2 Å². The van der Waals surface area contributed by atoms with Crippen molar-refractivity contribution in [2.75, 3.05) is 7.11 Å². The molecule has 4 nitrogen and oxygen atoms in total. The normalized spacial score (nSPS) is 11.8. The first-order valence-corrected chi connectivity index (χ1v) is 9.91. The van der Waals surface area contributed by atoms with E-state index in [0.29, 0.717) is 34.3 Å². The highest BCUT2D eigenvalue weighted by molar-refractivity contribution is 6.31. The molecule has 0 unspecified atom stereocenters. The summed E-state index contributed by atoms with van der Waals surface area (Å²) < 4.78 is 11.1. The van der Waals surface area contributed by atoms with E-state index in [4.69, 9.17) is 9.15 Å². The van der Waals surface area contributed by atoms with Gasteiger partial charge in [0.25, 0.3) is 0 Å². The molecule has 4 heteroatoms. The Bertz CT molecular complexity index is 1170. The van der Waals surface area contributed by atoms with Gasteiger partial charge in [-0.1, -0.05) is 50.2 Å². The summed E-state index contributed by atoms with van der Waals surface area (Å²) >= 11 is 0. The summed E-state index contributed by atoms with van der Waals surface area (Å²) in [4.78, 5) is 17.9. The molecule has 4 aromatic rings. The van der Waals surface area contributed by atoms with Crippen LogP contribution in [0, 0.1) is 0 Å². The number of Topliss-reactive ketones (excluding diaryl/α,β-unsaturated/α-hetero) is 1. The van der Waals surface area contributed by atoms with Crippen LogP contribution < -0.4 is 4.74 Å². The van der Waals surface area contributed by atoms with Gasteiger partial charge in [0.05, 0.1) is 12.7 Å². The quantitative estimate of drug-likeness (QED) is 0.280. The van der Waals surface area contributed by atoms with Gasteiger partial charge in [-0.05, 0) is 59.5 Å². The van der Waals surface area contributed by atoms with Crippen molar-refractivity contribution >= 4 is 28.5 Å². The maximum atomic E-state index is 13.4. The number of carbonyl (C=O) groups excluding carboxylic acids is 1. The number of fused-ring (bicyclic) bond motifs is 1. The number of para-hydroxylation sites is 2. The van der Waals surface area contributed by atoms with Crippen molar-refractivity contribution in [3.8, 4) is 5.75 Å². The fraction of sp³-hybridized carbons (Fsp3) is 0.154. The Morgan fingerprint density at radius 3 is 2.30 bits per heavy atom. The van der Waals surface area contributed by atoms with Crippen molar-refractivity contribution in [2.24, 2.45) is 0 Å². The molecule has 0 radical (unpaired) electrons. The first-order valence-electron chi connectivity index (χ1n) is 9.91. The number of nitrogens with zero attached hydrogens (tertiary/aromatic N) is 1. The van der Waals surface area contributed by atoms with Crippen LogP contribution in [0.3, 0.4) is 0 Å². The highest BCUT2D eigenvalue weighted by Gasteiger charge is 2.20. The molecule has 0 saturated carbocycles. The summed E-state index contributed by atoms with van der Waals surface area (Å²) in [6, 6.07) is 22.7. The molecule has 0 bridgehead atoms. The van der Waals surface area contributed by atoms with Gasteiger partial charge in [0.1, 0.15) is 11.3 Å². The molecular formula is C26H23NO3. The lowest BCUT2D eigenvalue weighted by atomic mass is 9.98. The number of ether oxygens (including phenoxy) is 1. The van der Waals surface area contributed by atoms with Crippen molar-refractivity contribution in [3.05, 3.63) is 95.4 Å². The standard InChI is InChI=1S/C26H23NO3/c1-17(2)19-10-8-18(9-11-19)16-22(25(28)20-12-14-21(29-3)15-13-20)26-27-23-6-4-5-7-24(23)30-26/h4-17H,1-3H3/b22-16-. The molecule has 4 rings (SSSR count). The van der Waals surface area contributed by atoms with Gasteiger partial charge in [-0.15, -0.1) is 0 Å². The van der Waals surface area contributed by atoms with Gasteiger partial charge in [0, 0.05) is 5.56 Å². The summed E-state index contributed by atoms with van der Waals surface area (Å²) in [7, 11) is 1.60. The second-order valence-electron chi connectivity index (χ2n) is 7.42. The van der Waals surface area contributed by atoms with Gasteiger partial charge in [-0.3, -0.25) is 4.79 Å². The number of oxazole rings is 1. The zero-order valence-electron chi connectivity index (χ0n) is 17.3. The first kappa shape index (κ1) is 19.6. The number of methoxy groups -OCH3 is 1. The molecule has 30 heavy (non-hydrogen) atoms. The summed E-state index contributed by atoms with van der Waals surface area (Å²) in [5, 5.41) is 0. The zero-order chi connectivity index (χ0) is 21.1. The monoisotopic (exact) mass is 397 g/mol. The van der Waals surface area contributed by atoms with Crippen molar-refractivity contribution in [2.45, 2.75) is 19.8 Å². The van der Waals surface area contributed by atoms with Crippen LogP contribution in [0.5, 0.6) is 5.75 Å². The van der Waals surface area contributed by atoms with Gasteiger partial charge in [0.15, 0.2) is 11.4 Å². The lowest BCUT2D eigenvalue weighted by molar-refractivity contribution is 0.105. The summed E-state index contributed by atoms with van der Waals surface area (Å²) in [5.41, 5.74) is 4.49. The molecule has 1 aromatic heterocycles. The maximum absolute atomic E-state index is 13.4. The molecule has 1 heterocycles. The number of ketones is 1. The minimum Gasteiger partial charge on any atom is -0.497 e. The Hall–Kier alpha value is -3.66. The molecule has 0 spiro atoms. The molecular weight excluding hydrogens is 374 g/mol. The van der Waals surface area contributed by atoms with Crippen molar-refractivity contribution in [1.29, 1.82) is 0 Å². The molecule has 0 amide bonds. The van der Waals surface area contributed by atoms with Crippen LogP contribution in [0.2, 0.25) is 0 Å². The average molecular weight is 397 g/mol. The highest BCUT2D eigenvalue weighted by Crippen LogP contribution is 2.27. The number of rotatable bonds is 6. The van der Waals surface area contributed by atoms with E-state index in [9.17, 15) is 4.79 Å². The lowest BCUT2D eigenvalue weighted by Gasteiger charge is -2.07. The van der Waals surface area contributed by atoms with Gasteiger partial charge < -0.3 is 9.15 Å². The topological polar surface area (TPSA) is 52.3 Å². The first-order chi connectivity index (χ1) is 14.5. The fourth-order valence-electron chi connectivity index (χ4n) is 3.25. The van der Waals surface area contributed by atoms with Crippen molar-refractivity contribution in [3.63, 3.8) is 0 Å². The average Bonchev–Trinajstić information content (AvgIpc) is 3.21. The molecule has 0 aliphatic rings. The van der Waals surface area contributed by atoms with Crippen LogP contribution >= 0.6 is 0 Å². The van der Waals surface area contributed by atoms with E-state index in [2.05, 4.69) is 31.0 Å². The van der Waals surface area contributed by atoms with Crippen LogP contribution in [-0.4, -0.2) is 17.9 Å². The van der Waals surface area contributed by atoms with Crippen LogP contribution in [-0.2, 0) is 0 Å². The molecule has 0 aliphatic heterocycles.